The van der Waals surface area contributed by atoms with Crippen molar-refractivity contribution in [2.45, 2.75) is 37.8 Å². The van der Waals surface area contributed by atoms with Crippen LogP contribution in [0.5, 0.6) is 0 Å². The van der Waals surface area contributed by atoms with E-state index in [9.17, 15) is 0 Å². The summed E-state index contributed by atoms with van der Waals surface area (Å²) in [6.07, 6.45) is 3.21. The molecule has 2 aromatic heterocycles. The zero-order valence-electron chi connectivity index (χ0n) is 28.2. The molecule has 8 bridgehead atoms. The Kier molecular flexibility index (Phi) is 10.2. The van der Waals surface area contributed by atoms with E-state index in [0.717, 1.165) is 104 Å². The molecule has 9 rings (SSSR count). The van der Waals surface area contributed by atoms with E-state index in [1.54, 1.807) is 0 Å². The van der Waals surface area contributed by atoms with Gasteiger partial charge in [0, 0.05) is 36.9 Å². The van der Waals surface area contributed by atoms with Crippen LogP contribution in [0.25, 0.3) is 32.9 Å². The Morgan fingerprint density at radius 2 is 0.736 bits per heavy atom. The molecule has 2 atom stereocenters. The molecule has 3 aliphatic heterocycles. The Bertz CT molecular complexity index is 2320. The van der Waals surface area contributed by atoms with E-state index >= 15 is 0 Å². The van der Waals surface area contributed by atoms with E-state index in [1.807, 2.05) is 48.5 Å². The Morgan fingerprint density at radius 3 is 1.09 bits per heavy atom. The van der Waals surface area contributed by atoms with E-state index in [-0.39, 0.29) is 28.9 Å². The van der Waals surface area contributed by atoms with Crippen LogP contribution in [-0.2, 0) is 16.8 Å². The quantitative estimate of drug-likeness (QED) is 0.178. The van der Waals surface area contributed by atoms with Gasteiger partial charge in [-0.2, -0.15) is 11.4 Å². The molecule has 0 aliphatic carbocycles. The third kappa shape index (κ3) is 7.03. The van der Waals surface area contributed by atoms with Gasteiger partial charge >= 0.3 is 0 Å². The summed E-state index contributed by atoms with van der Waals surface area (Å²) in [6, 6.07) is 40.1. The molecule has 0 amide bonds. The fourth-order valence-electron chi connectivity index (χ4n) is 7.72. The van der Waals surface area contributed by atoms with Crippen molar-refractivity contribution in [3.63, 3.8) is 0 Å². The number of fused-ring (bicyclic) bond motifs is 8. The first-order valence-electron chi connectivity index (χ1n) is 17.3. The molecule has 5 heterocycles. The normalized spacial score (nSPS) is 22.9. The number of rotatable bonds is 4. The number of hydrogen-bond donors (Lipinski definition) is 0. The van der Waals surface area contributed by atoms with E-state index in [0.29, 0.717) is 20.1 Å². The van der Waals surface area contributed by atoms with Crippen LogP contribution in [0.1, 0.15) is 59.3 Å². The number of halogens is 4. The summed E-state index contributed by atoms with van der Waals surface area (Å²) in [5, 5.41) is 15.5. The molecule has 2 unspecified atom stereocenters. The number of benzene rings is 4. The van der Waals surface area contributed by atoms with Crippen molar-refractivity contribution in [2.24, 2.45) is 0 Å². The summed E-state index contributed by atoms with van der Waals surface area (Å²) in [7, 11) is 0. The standard InChI is InChI=1S/C44H30Cl4N4.Co/c45-29-9-1-25(2-10-29)41-33-17-19-35(49-33)42(26-3-11-30(46)12-4-26)37-21-23-39(51-37)44(28-7-15-32(48)16-8-28)40-24-22-38(52-40)43(36-20-18-34(41)50-36)27-5-13-31(47)14-6-27;/h1-17,19,22,24,34,37H,18,20-21,23H2;/q-4;/b41-33-,42-35-,43-36-,44-39-;. The molecule has 6 aromatic rings. The van der Waals surface area contributed by atoms with Gasteiger partial charge in [-0.15, -0.1) is 22.1 Å². The van der Waals surface area contributed by atoms with Crippen molar-refractivity contribution in [3.05, 3.63) is 208 Å². The Morgan fingerprint density at radius 1 is 0.396 bits per heavy atom. The van der Waals surface area contributed by atoms with Gasteiger partial charge in [0.2, 0.25) is 0 Å². The van der Waals surface area contributed by atoms with E-state index in [1.165, 1.54) is 0 Å². The Balaban J connectivity index is 0.00000400. The van der Waals surface area contributed by atoms with Crippen LogP contribution in [0.4, 0.5) is 0 Å². The summed E-state index contributed by atoms with van der Waals surface area (Å²) in [4.78, 5) is 10.8. The van der Waals surface area contributed by atoms with E-state index in [2.05, 4.69) is 72.8 Å². The fourth-order valence-corrected chi connectivity index (χ4v) is 8.22. The first kappa shape index (κ1) is 35.9. The molecular weight excluding hydrogens is 785 g/mol. The largest absolute Gasteiger partial charge is 0.681 e. The molecule has 2 saturated heterocycles. The minimum atomic E-state index is -0.130. The summed E-state index contributed by atoms with van der Waals surface area (Å²) < 4.78 is 0. The van der Waals surface area contributed by atoms with Gasteiger partial charge in [0.25, 0.3) is 0 Å². The first-order valence-corrected chi connectivity index (χ1v) is 18.8. The van der Waals surface area contributed by atoms with Crippen molar-refractivity contribution in [1.82, 2.24) is 9.97 Å². The van der Waals surface area contributed by atoms with Crippen LogP contribution in [0.3, 0.4) is 0 Å². The summed E-state index contributed by atoms with van der Waals surface area (Å²) in [5.41, 5.74) is 12.0. The van der Waals surface area contributed by atoms with Gasteiger partial charge in [0.1, 0.15) is 0 Å². The van der Waals surface area contributed by atoms with Crippen molar-refractivity contribution in [2.75, 3.05) is 0 Å². The first-order chi connectivity index (χ1) is 25.4. The van der Waals surface area contributed by atoms with Crippen molar-refractivity contribution >= 4 is 68.7 Å². The van der Waals surface area contributed by atoms with E-state index in [4.69, 9.17) is 67.0 Å². The molecule has 4 nitrogen and oxygen atoms in total. The van der Waals surface area contributed by atoms with Crippen LogP contribution < -0.4 is 20.7 Å². The minimum absolute atomic E-state index is 0. The van der Waals surface area contributed by atoms with Gasteiger partial charge < -0.3 is 20.6 Å². The second kappa shape index (κ2) is 15.0. The third-order valence-corrected chi connectivity index (χ3v) is 11.1. The smallest absolute Gasteiger partial charge is 0.0406 e. The maximum atomic E-state index is 6.39. The number of nitrogens with zero attached hydrogens (tertiary/aromatic N) is 4. The Labute approximate surface area is 338 Å². The monoisotopic (exact) mass is 813 g/mol. The van der Waals surface area contributed by atoms with Gasteiger partial charge in [-0.1, -0.05) is 166 Å². The maximum Gasteiger partial charge on any atom is 0.0406 e. The van der Waals surface area contributed by atoms with Crippen LogP contribution in [0.2, 0.25) is 20.1 Å². The maximum absolute atomic E-state index is 6.39. The van der Waals surface area contributed by atoms with Crippen LogP contribution >= 0.6 is 46.4 Å². The Hall–Kier alpha value is -4.07. The number of hydrogen-bond acceptors (Lipinski definition) is 0. The number of aromatic nitrogens is 2. The molecule has 0 spiro atoms. The molecule has 0 N–H and O–H groups in total. The number of allylic oxidation sites excluding steroid dienone is 2. The molecule has 4 aromatic carbocycles. The molecule has 0 saturated carbocycles. The third-order valence-electron chi connectivity index (χ3n) is 10.1. The average Bonchev–Trinajstić information content (AvgIpc) is 3.99. The molecule has 2 fully saturated rings. The predicted octanol–water partition coefficient (Wildman–Crippen LogP) is 10.9. The summed E-state index contributed by atoms with van der Waals surface area (Å²) >= 11 is 25.5. The fraction of sp³-hybridized carbons (Fsp3) is 0.136. The van der Waals surface area contributed by atoms with Crippen molar-refractivity contribution in [3.8, 4) is 0 Å². The SMILES string of the molecule is Clc1ccc(/C2=C3\CCC([N-]3)/C(c3ccc(Cl)cc3)=c3/cc/c([n-]3)=C(\c3ccc(Cl)cc3)C3CC/C(=C(\c4ccc(Cl)cc4)c4ccc2[n-]4)[N-]3)cc1.[Co]. The zero-order chi connectivity index (χ0) is 35.3. The minimum Gasteiger partial charge on any atom is -0.681 e. The average molecular weight is 815 g/mol. The summed E-state index contributed by atoms with van der Waals surface area (Å²) in [6.45, 7) is 0. The molecule has 3 aliphatic rings. The van der Waals surface area contributed by atoms with Crippen LogP contribution in [0, 0.1) is 0 Å². The van der Waals surface area contributed by atoms with E-state index < -0.39 is 0 Å². The predicted molar refractivity (Wildman–Crippen MR) is 214 cm³/mol. The molecule has 53 heavy (non-hydrogen) atoms. The van der Waals surface area contributed by atoms with Gasteiger partial charge in [-0.25, -0.2) is 0 Å². The van der Waals surface area contributed by atoms with Crippen molar-refractivity contribution < 1.29 is 16.8 Å². The topological polar surface area (TPSA) is 56.4 Å². The molecule has 1 radical (unpaired) electrons. The van der Waals surface area contributed by atoms with Gasteiger partial charge in [-0.05, 0) is 83.6 Å². The molecule has 267 valence electrons. The van der Waals surface area contributed by atoms with Gasteiger partial charge in [-0.3, -0.25) is 0 Å². The van der Waals surface area contributed by atoms with Crippen LogP contribution in [-0.4, -0.2) is 12.1 Å². The van der Waals surface area contributed by atoms with Gasteiger partial charge in [0.05, 0.1) is 0 Å². The van der Waals surface area contributed by atoms with Crippen LogP contribution in [0.15, 0.2) is 133 Å². The zero-order valence-corrected chi connectivity index (χ0v) is 32.2. The second-order valence-electron chi connectivity index (χ2n) is 13.3. The van der Waals surface area contributed by atoms with Crippen molar-refractivity contribution in [1.29, 1.82) is 0 Å². The summed E-state index contributed by atoms with van der Waals surface area (Å²) in [5.74, 6) is 0. The molecular formula is C44H30Cl4CoN4-4. The second-order valence-corrected chi connectivity index (χ2v) is 15.0. The molecule has 9 heteroatoms. The van der Waals surface area contributed by atoms with Gasteiger partial charge in [0.15, 0.2) is 0 Å².